The van der Waals surface area contributed by atoms with Gasteiger partial charge < -0.3 is 4.57 Å². The van der Waals surface area contributed by atoms with E-state index in [0.29, 0.717) is 23.2 Å². The molecule has 0 aliphatic carbocycles. The fourth-order valence-electron chi connectivity index (χ4n) is 3.35. The Labute approximate surface area is 148 Å². The van der Waals surface area contributed by atoms with Crippen LogP contribution in [0.5, 0.6) is 0 Å². The lowest BCUT2D eigenvalue weighted by Gasteiger charge is -2.30. The third-order valence-electron chi connectivity index (χ3n) is 4.72. The summed E-state index contributed by atoms with van der Waals surface area (Å²) in [4.78, 5) is 4.57. The van der Waals surface area contributed by atoms with Crippen molar-refractivity contribution >= 4 is 21.4 Å². The second-order valence-corrected chi connectivity index (χ2v) is 9.56. The molecule has 2 aromatic rings. The van der Waals surface area contributed by atoms with E-state index in [1.807, 2.05) is 11.6 Å². The van der Waals surface area contributed by atoms with Crippen LogP contribution in [0.1, 0.15) is 37.7 Å². The first-order valence-corrected chi connectivity index (χ1v) is 10.9. The van der Waals surface area contributed by atoms with Crippen LogP contribution in [-0.2, 0) is 23.0 Å². The van der Waals surface area contributed by atoms with Crippen LogP contribution in [-0.4, -0.2) is 35.4 Å². The molecular formula is C17H25N3O2S2. The van der Waals surface area contributed by atoms with E-state index in [2.05, 4.69) is 23.4 Å². The highest BCUT2D eigenvalue weighted by atomic mass is 32.2. The van der Waals surface area contributed by atoms with Gasteiger partial charge in [0.1, 0.15) is 10.0 Å². The van der Waals surface area contributed by atoms with Crippen molar-refractivity contribution < 1.29 is 8.42 Å². The number of rotatable bonds is 6. The van der Waals surface area contributed by atoms with Crippen LogP contribution >= 0.6 is 11.3 Å². The molecule has 7 heteroatoms. The predicted octanol–water partition coefficient (Wildman–Crippen LogP) is 3.31. The van der Waals surface area contributed by atoms with Gasteiger partial charge in [0.05, 0.1) is 0 Å². The number of hydrogen-bond acceptors (Lipinski definition) is 4. The van der Waals surface area contributed by atoms with Crippen LogP contribution in [0.3, 0.4) is 0 Å². The van der Waals surface area contributed by atoms with Gasteiger partial charge in [-0.25, -0.2) is 13.4 Å². The summed E-state index contributed by atoms with van der Waals surface area (Å²) >= 11 is 1.29. The molecule has 0 N–H and O–H groups in total. The summed E-state index contributed by atoms with van der Waals surface area (Å²) < 4.78 is 29.5. The molecular weight excluding hydrogens is 342 g/mol. The van der Waals surface area contributed by atoms with Gasteiger partial charge in [-0.1, -0.05) is 13.0 Å². The maximum Gasteiger partial charge on any atom is 0.252 e. The average Bonchev–Trinajstić information content (AvgIpc) is 3.22. The molecule has 5 nitrogen and oxygen atoms in total. The summed E-state index contributed by atoms with van der Waals surface area (Å²) in [6.07, 6.45) is 5.80. The van der Waals surface area contributed by atoms with E-state index in [1.54, 1.807) is 16.4 Å². The van der Waals surface area contributed by atoms with Crippen LogP contribution in [0.15, 0.2) is 27.9 Å². The molecule has 1 fully saturated rings. The van der Waals surface area contributed by atoms with Gasteiger partial charge >= 0.3 is 0 Å². The quantitative estimate of drug-likeness (QED) is 0.787. The molecule has 0 bridgehead atoms. The first-order chi connectivity index (χ1) is 11.5. The molecule has 0 atom stereocenters. The molecule has 0 aromatic carbocycles. The number of piperidine rings is 1. The molecule has 0 unspecified atom stereocenters. The van der Waals surface area contributed by atoms with E-state index >= 15 is 0 Å². The molecule has 0 saturated carbocycles. The van der Waals surface area contributed by atoms with Crippen molar-refractivity contribution in [3.05, 3.63) is 35.2 Å². The second-order valence-electron chi connectivity index (χ2n) is 6.45. The van der Waals surface area contributed by atoms with Crippen LogP contribution in [0.4, 0.5) is 0 Å². The molecule has 3 rings (SSSR count). The number of aromatic nitrogens is 2. The van der Waals surface area contributed by atoms with E-state index in [1.165, 1.54) is 17.0 Å². The monoisotopic (exact) mass is 367 g/mol. The minimum Gasteiger partial charge on any atom is -0.332 e. The standard InChI is InChI=1S/C17H25N3O2S2/c1-3-8-20-14(2)13-18-16(20)12-15-6-9-19(10-7-15)24(21,22)17-5-4-11-23-17/h4-5,11,13,15H,3,6-10,12H2,1-2H3. The van der Waals surface area contributed by atoms with Crippen LogP contribution in [0.2, 0.25) is 0 Å². The number of aryl methyl sites for hydroxylation is 1. The van der Waals surface area contributed by atoms with E-state index in [4.69, 9.17) is 0 Å². The summed E-state index contributed by atoms with van der Waals surface area (Å²) in [5, 5.41) is 1.82. The predicted molar refractivity (Wildman–Crippen MR) is 96.8 cm³/mol. The van der Waals surface area contributed by atoms with Crippen molar-refractivity contribution in [1.82, 2.24) is 13.9 Å². The highest BCUT2D eigenvalue weighted by Crippen LogP contribution is 2.28. The maximum atomic E-state index is 12.6. The first kappa shape index (κ1) is 17.6. The van der Waals surface area contributed by atoms with Gasteiger partial charge in [-0.05, 0) is 43.6 Å². The van der Waals surface area contributed by atoms with Gasteiger partial charge in [0, 0.05) is 37.9 Å². The lowest BCUT2D eigenvalue weighted by atomic mass is 9.94. The number of imidazole rings is 1. The minimum absolute atomic E-state index is 0.454. The van der Waals surface area contributed by atoms with Crippen LogP contribution in [0.25, 0.3) is 0 Å². The SMILES string of the molecule is CCCn1c(C)cnc1CC1CCN(S(=O)(=O)c2cccs2)CC1. The summed E-state index contributed by atoms with van der Waals surface area (Å²) in [6, 6.07) is 3.48. The zero-order valence-electron chi connectivity index (χ0n) is 14.3. The number of nitrogens with zero attached hydrogens (tertiary/aromatic N) is 3. The second kappa shape index (κ2) is 7.37. The topological polar surface area (TPSA) is 55.2 Å². The van der Waals surface area contributed by atoms with Gasteiger partial charge in [0.15, 0.2) is 0 Å². The molecule has 0 amide bonds. The summed E-state index contributed by atoms with van der Waals surface area (Å²) in [5.74, 6) is 1.66. The zero-order valence-corrected chi connectivity index (χ0v) is 15.9. The zero-order chi connectivity index (χ0) is 17.2. The van der Waals surface area contributed by atoms with Crippen molar-refractivity contribution in [3.8, 4) is 0 Å². The van der Waals surface area contributed by atoms with E-state index < -0.39 is 10.0 Å². The van der Waals surface area contributed by atoms with Crippen molar-refractivity contribution in [2.75, 3.05) is 13.1 Å². The van der Waals surface area contributed by atoms with Crippen molar-refractivity contribution in [3.63, 3.8) is 0 Å². The van der Waals surface area contributed by atoms with Gasteiger partial charge in [-0.3, -0.25) is 0 Å². The van der Waals surface area contributed by atoms with E-state index in [0.717, 1.165) is 38.1 Å². The lowest BCUT2D eigenvalue weighted by Crippen LogP contribution is -2.38. The molecule has 0 radical (unpaired) electrons. The third kappa shape index (κ3) is 3.58. The fourth-order valence-corrected chi connectivity index (χ4v) is 5.97. The Kier molecular flexibility index (Phi) is 5.42. The smallest absolute Gasteiger partial charge is 0.252 e. The Morgan fingerprint density at radius 2 is 2.08 bits per heavy atom. The molecule has 24 heavy (non-hydrogen) atoms. The highest BCUT2D eigenvalue weighted by Gasteiger charge is 2.30. The lowest BCUT2D eigenvalue weighted by molar-refractivity contribution is 0.269. The molecule has 1 aliphatic heterocycles. The Morgan fingerprint density at radius 1 is 1.33 bits per heavy atom. The van der Waals surface area contributed by atoms with Gasteiger partial charge in [0.2, 0.25) is 0 Å². The van der Waals surface area contributed by atoms with Crippen LogP contribution in [0, 0.1) is 12.8 Å². The average molecular weight is 368 g/mol. The highest BCUT2D eigenvalue weighted by molar-refractivity contribution is 7.91. The molecule has 3 heterocycles. The Morgan fingerprint density at radius 3 is 2.71 bits per heavy atom. The molecule has 0 spiro atoms. The summed E-state index contributed by atoms with van der Waals surface area (Å²) in [6.45, 7) is 6.50. The maximum absolute atomic E-state index is 12.6. The number of sulfonamides is 1. The molecule has 132 valence electrons. The van der Waals surface area contributed by atoms with E-state index in [-0.39, 0.29) is 0 Å². The van der Waals surface area contributed by atoms with Gasteiger partial charge in [-0.15, -0.1) is 11.3 Å². The van der Waals surface area contributed by atoms with Crippen molar-refractivity contribution in [1.29, 1.82) is 0 Å². The normalized spacial score (nSPS) is 17.4. The largest absolute Gasteiger partial charge is 0.332 e. The van der Waals surface area contributed by atoms with Crippen molar-refractivity contribution in [2.24, 2.45) is 5.92 Å². The number of thiophene rings is 1. The van der Waals surface area contributed by atoms with Gasteiger partial charge in [-0.2, -0.15) is 4.31 Å². The van der Waals surface area contributed by atoms with Crippen molar-refractivity contribution in [2.45, 2.75) is 50.3 Å². The summed E-state index contributed by atoms with van der Waals surface area (Å²) in [5.41, 5.74) is 1.21. The summed E-state index contributed by atoms with van der Waals surface area (Å²) in [7, 11) is -3.30. The first-order valence-electron chi connectivity index (χ1n) is 8.57. The molecule has 1 saturated heterocycles. The Bertz CT molecular complexity index is 758. The molecule has 1 aliphatic rings. The minimum atomic E-state index is -3.30. The van der Waals surface area contributed by atoms with E-state index in [9.17, 15) is 8.42 Å². The van der Waals surface area contributed by atoms with Crippen LogP contribution < -0.4 is 0 Å². The third-order valence-corrected chi connectivity index (χ3v) is 7.99. The fraction of sp³-hybridized carbons (Fsp3) is 0.588. The molecule has 2 aromatic heterocycles. The Balaban J connectivity index is 1.62. The Hall–Kier alpha value is -1.18. The number of hydrogen-bond donors (Lipinski definition) is 0. The van der Waals surface area contributed by atoms with Gasteiger partial charge in [0.25, 0.3) is 10.0 Å².